The number of aromatic nitrogens is 2. The molecule has 2 aromatic rings. The lowest BCUT2D eigenvalue weighted by molar-refractivity contribution is 0.375. The van der Waals surface area contributed by atoms with Crippen molar-refractivity contribution in [2.24, 2.45) is 5.41 Å². The van der Waals surface area contributed by atoms with Crippen molar-refractivity contribution in [1.82, 2.24) is 9.97 Å². The molecule has 0 atom stereocenters. The number of fused-ring (bicyclic) bond motifs is 1. The van der Waals surface area contributed by atoms with Gasteiger partial charge in [-0.25, -0.2) is 4.98 Å². The highest BCUT2D eigenvalue weighted by molar-refractivity contribution is 5.74. The highest BCUT2D eigenvalue weighted by Crippen LogP contribution is 2.21. The summed E-state index contributed by atoms with van der Waals surface area (Å²) in [5.74, 6) is 1.10. The predicted molar refractivity (Wildman–Crippen MR) is 66.0 cm³/mol. The zero-order chi connectivity index (χ0) is 10.9. The number of imidazole rings is 1. The fourth-order valence-corrected chi connectivity index (χ4v) is 1.62. The van der Waals surface area contributed by atoms with Crippen LogP contribution in [0.2, 0.25) is 0 Å². The number of rotatable bonds is 2. The number of benzene rings is 1. The third kappa shape index (κ3) is 2.58. The van der Waals surface area contributed by atoms with E-state index in [1.807, 2.05) is 18.2 Å². The molecule has 1 heterocycles. The van der Waals surface area contributed by atoms with E-state index in [0.717, 1.165) is 29.7 Å². The summed E-state index contributed by atoms with van der Waals surface area (Å²) in [7, 11) is 0. The second-order valence-electron chi connectivity index (χ2n) is 5.26. The van der Waals surface area contributed by atoms with E-state index in [0.29, 0.717) is 5.41 Å². The molecule has 15 heavy (non-hydrogen) atoms. The molecule has 0 bridgehead atoms. The predicted octanol–water partition coefficient (Wildman–Crippen LogP) is 3.79. The average molecular weight is 204 g/mol. The maximum absolute atomic E-state index is 4.56. The molecule has 0 radical (unpaired) electrons. The lowest BCUT2D eigenvalue weighted by Gasteiger charge is -2.16. The Labute approximate surface area is 92.2 Å². The van der Waals surface area contributed by atoms with Crippen molar-refractivity contribution < 1.29 is 1.43 Å². The first-order valence-corrected chi connectivity index (χ1v) is 5.48. The van der Waals surface area contributed by atoms with Gasteiger partial charge in [-0.05, 0) is 24.0 Å². The van der Waals surface area contributed by atoms with Crippen molar-refractivity contribution in [3.8, 4) is 0 Å². The zero-order valence-corrected chi connectivity index (χ0v) is 9.67. The van der Waals surface area contributed by atoms with E-state index in [1.54, 1.807) is 0 Å². The second-order valence-corrected chi connectivity index (χ2v) is 5.26. The van der Waals surface area contributed by atoms with Crippen molar-refractivity contribution in [3.05, 3.63) is 30.1 Å². The van der Waals surface area contributed by atoms with Gasteiger partial charge >= 0.3 is 0 Å². The molecular formula is C13H20N2. The van der Waals surface area contributed by atoms with Gasteiger partial charge in [0, 0.05) is 7.85 Å². The van der Waals surface area contributed by atoms with Crippen LogP contribution in [0, 0.1) is 5.41 Å². The lowest BCUT2D eigenvalue weighted by Crippen LogP contribution is -2.06. The highest BCUT2D eigenvalue weighted by Gasteiger charge is 2.11. The van der Waals surface area contributed by atoms with E-state index in [1.165, 1.54) is 0 Å². The summed E-state index contributed by atoms with van der Waals surface area (Å²) in [6, 6.07) is 8.18. The fraction of sp³-hybridized carbons (Fsp3) is 0.462. The summed E-state index contributed by atoms with van der Waals surface area (Å²) in [4.78, 5) is 7.92. The minimum absolute atomic E-state index is 0. The highest BCUT2D eigenvalue weighted by atomic mass is 14.9. The third-order valence-corrected chi connectivity index (χ3v) is 2.55. The number of hydrogen-bond acceptors (Lipinski definition) is 1. The zero-order valence-electron chi connectivity index (χ0n) is 9.67. The molecule has 0 unspecified atom stereocenters. The summed E-state index contributed by atoms with van der Waals surface area (Å²) in [5.41, 5.74) is 2.58. The van der Waals surface area contributed by atoms with Crippen molar-refractivity contribution in [2.45, 2.75) is 33.6 Å². The van der Waals surface area contributed by atoms with Crippen molar-refractivity contribution in [1.29, 1.82) is 0 Å². The Morgan fingerprint density at radius 3 is 2.67 bits per heavy atom. The Morgan fingerprint density at radius 1 is 1.27 bits per heavy atom. The molecular weight excluding hydrogens is 184 g/mol. The normalized spacial score (nSPS) is 12.2. The van der Waals surface area contributed by atoms with Gasteiger partial charge in [0.2, 0.25) is 0 Å². The van der Waals surface area contributed by atoms with Gasteiger partial charge in [0.15, 0.2) is 0 Å². The van der Waals surface area contributed by atoms with Gasteiger partial charge in [-0.2, -0.15) is 0 Å². The molecule has 0 fully saturated rings. The molecule has 0 saturated carbocycles. The Balaban J connectivity index is 0.00000128. The van der Waals surface area contributed by atoms with Crippen molar-refractivity contribution in [2.75, 3.05) is 0 Å². The number of aromatic amines is 1. The maximum atomic E-state index is 4.56. The molecule has 2 nitrogen and oxygen atoms in total. The summed E-state index contributed by atoms with van der Waals surface area (Å²) in [6.07, 6.45) is 2.19. The quantitative estimate of drug-likeness (QED) is 0.792. The van der Waals surface area contributed by atoms with Gasteiger partial charge in [-0.1, -0.05) is 32.9 Å². The van der Waals surface area contributed by atoms with Gasteiger partial charge in [0.25, 0.3) is 0 Å². The Hall–Kier alpha value is -1.31. The standard InChI is InChI=1S/C13H18N2.H2/c1-13(2,3)9-8-12-14-10-6-4-5-7-11(10)15-12;/h4-7H,8-9H2,1-3H3,(H,14,15);1H. The molecule has 0 spiro atoms. The number of nitrogens with zero attached hydrogens (tertiary/aromatic N) is 1. The molecule has 1 aromatic heterocycles. The minimum Gasteiger partial charge on any atom is -0.342 e. The minimum atomic E-state index is 0. The van der Waals surface area contributed by atoms with Gasteiger partial charge in [-0.15, -0.1) is 0 Å². The first kappa shape index (κ1) is 10.2. The fourth-order valence-electron chi connectivity index (χ4n) is 1.62. The second kappa shape index (κ2) is 3.69. The number of nitrogens with one attached hydrogen (secondary N) is 1. The monoisotopic (exact) mass is 204 g/mol. The smallest absolute Gasteiger partial charge is 0.107 e. The van der Waals surface area contributed by atoms with Gasteiger partial charge in [-0.3, -0.25) is 0 Å². The van der Waals surface area contributed by atoms with Crippen molar-refractivity contribution >= 4 is 11.0 Å². The lowest BCUT2D eigenvalue weighted by atomic mass is 9.90. The molecule has 0 aliphatic carbocycles. The van der Waals surface area contributed by atoms with Crippen LogP contribution in [-0.2, 0) is 6.42 Å². The Bertz CT molecular complexity index is 421. The molecule has 2 rings (SSSR count). The number of hydrogen-bond donors (Lipinski definition) is 1. The van der Waals surface area contributed by atoms with Gasteiger partial charge in [0.1, 0.15) is 5.82 Å². The molecule has 0 amide bonds. The van der Waals surface area contributed by atoms with Crippen LogP contribution in [0.15, 0.2) is 24.3 Å². The molecule has 82 valence electrons. The molecule has 0 saturated heterocycles. The molecule has 0 aliphatic heterocycles. The van der Waals surface area contributed by atoms with E-state index < -0.39 is 0 Å². The van der Waals surface area contributed by atoms with Crippen LogP contribution in [0.1, 0.15) is 34.4 Å². The van der Waals surface area contributed by atoms with E-state index in [4.69, 9.17) is 0 Å². The van der Waals surface area contributed by atoms with Gasteiger partial charge in [0.05, 0.1) is 11.0 Å². The Kier molecular flexibility index (Phi) is 2.51. The van der Waals surface area contributed by atoms with Crippen LogP contribution in [-0.4, -0.2) is 9.97 Å². The summed E-state index contributed by atoms with van der Waals surface area (Å²) in [6.45, 7) is 6.78. The van der Waals surface area contributed by atoms with Crippen LogP contribution in [0.5, 0.6) is 0 Å². The first-order valence-electron chi connectivity index (χ1n) is 5.48. The third-order valence-electron chi connectivity index (χ3n) is 2.55. The largest absolute Gasteiger partial charge is 0.342 e. The summed E-state index contributed by atoms with van der Waals surface area (Å²) in [5, 5.41) is 0. The van der Waals surface area contributed by atoms with E-state index in [9.17, 15) is 0 Å². The maximum Gasteiger partial charge on any atom is 0.107 e. The SMILES string of the molecule is CC(C)(C)CCc1nc2ccccc2[nH]1.[HH]. The van der Waals surface area contributed by atoms with Crippen LogP contribution in [0.25, 0.3) is 11.0 Å². The molecule has 1 aromatic carbocycles. The van der Waals surface area contributed by atoms with Crippen LogP contribution < -0.4 is 0 Å². The molecule has 1 N–H and O–H groups in total. The topological polar surface area (TPSA) is 28.7 Å². The summed E-state index contributed by atoms with van der Waals surface area (Å²) >= 11 is 0. The van der Waals surface area contributed by atoms with Crippen LogP contribution >= 0.6 is 0 Å². The van der Waals surface area contributed by atoms with Crippen LogP contribution in [0.4, 0.5) is 0 Å². The van der Waals surface area contributed by atoms with E-state index in [2.05, 4.69) is 36.8 Å². The number of para-hydroxylation sites is 2. The van der Waals surface area contributed by atoms with E-state index >= 15 is 0 Å². The van der Waals surface area contributed by atoms with Gasteiger partial charge < -0.3 is 4.98 Å². The Morgan fingerprint density at radius 2 is 2.00 bits per heavy atom. The number of H-pyrrole nitrogens is 1. The van der Waals surface area contributed by atoms with Crippen molar-refractivity contribution in [3.63, 3.8) is 0 Å². The first-order chi connectivity index (χ1) is 7.04. The molecule has 2 heteroatoms. The number of aryl methyl sites for hydroxylation is 1. The average Bonchev–Trinajstić information content (AvgIpc) is 2.56. The van der Waals surface area contributed by atoms with Crippen LogP contribution in [0.3, 0.4) is 0 Å². The summed E-state index contributed by atoms with van der Waals surface area (Å²) < 4.78 is 0. The van der Waals surface area contributed by atoms with E-state index in [-0.39, 0.29) is 1.43 Å². The molecule has 0 aliphatic rings.